The van der Waals surface area contributed by atoms with Gasteiger partial charge in [-0.05, 0) is 31.1 Å². The zero-order chi connectivity index (χ0) is 12.7. The van der Waals surface area contributed by atoms with Crippen molar-refractivity contribution in [3.63, 3.8) is 0 Å². The first-order chi connectivity index (χ1) is 7.10. The first-order valence-corrected chi connectivity index (χ1v) is 6.09. The number of rotatable bonds is 4. The van der Waals surface area contributed by atoms with Gasteiger partial charge >= 0.3 is 0 Å². The molecule has 2 atom stereocenters. The molecule has 0 aromatic carbocycles. The molecule has 16 heavy (non-hydrogen) atoms. The summed E-state index contributed by atoms with van der Waals surface area (Å²) in [5.74, 6) is 0.222. The number of hydrogen-bond acceptors (Lipinski definition) is 2. The van der Waals surface area contributed by atoms with Gasteiger partial charge in [-0.2, -0.15) is 0 Å². The lowest BCUT2D eigenvalue weighted by atomic mass is 10.0. The van der Waals surface area contributed by atoms with Crippen LogP contribution in [0, 0.1) is 16.7 Å². The summed E-state index contributed by atoms with van der Waals surface area (Å²) in [6.07, 6.45) is 0.245. The van der Waals surface area contributed by atoms with Gasteiger partial charge in [-0.3, -0.25) is 4.79 Å². The molecule has 0 spiro atoms. The molecule has 3 nitrogen and oxygen atoms in total. The minimum atomic E-state index is -0.365. The normalized spacial score (nSPS) is 25.9. The maximum Gasteiger partial charge on any atom is 0.224 e. The second-order valence-electron chi connectivity index (χ2n) is 6.37. The maximum atomic E-state index is 12.0. The van der Waals surface area contributed by atoms with Crippen LogP contribution in [0.4, 0.5) is 0 Å². The van der Waals surface area contributed by atoms with Crippen molar-refractivity contribution >= 4 is 5.91 Å². The Kier molecular flexibility index (Phi) is 3.39. The molecular formula is C13H25NO2. The van der Waals surface area contributed by atoms with Crippen LogP contribution >= 0.6 is 0 Å². The summed E-state index contributed by atoms with van der Waals surface area (Å²) in [5, 5.41) is 12.2. The molecule has 2 unspecified atom stereocenters. The van der Waals surface area contributed by atoms with Gasteiger partial charge in [-0.25, -0.2) is 0 Å². The number of aliphatic hydroxyl groups excluding tert-OH is 1. The van der Waals surface area contributed by atoms with E-state index in [0.717, 1.165) is 0 Å². The van der Waals surface area contributed by atoms with E-state index in [1.807, 2.05) is 6.92 Å². The van der Waals surface area contributed by atoms with E-state index in [1.165, 1.54) is 0 Å². The Morgan fingerprint density at radius 2 is 1.69 bits per heavy atom. The Hall–Kier alpha value is -0.570. The Morgan fingerprint density at radius 1 is 1.25 bits per heavy atom. The highest BCUT2D eigenvalue weighted by molar-refractivity contribution is 5.84. The summed E-state index contributed by atoms with van der Waals surface area (Å²) in [5.41, 5.74) is 0.170. The maximum absolute atomic E-state index is 12.0. The van der Waals surface area contributed by atoms with Crippen LogP contribution in [0.25, 0.3) is 0 Å². The number of amides is 1. The summed E-state index contributed by atoms with van der Waals surface area (Å²) in [7, 11) is 0. The molecule has 0 bridgehead atoms. The second-order valence-corrected chi connectivity index (χ2v) is 6.37. The monoisotopic (exact) mass is 227 g/mol. The average molecular weight is 227 g/mol. The molecule has 0 aliphatic heterocycles. The van der Waals surface area contributed by atoms with Crippen molar-refractivity contribution in [1.82, 2.24) is 5.32 Å². The van der Waals surface area contributed by atoms with E-state index >= 15 is 0 Å². The lowest BCUT2D eigenvalue weighted by Gasteiger charge is -2.16. The fourth-order valence-corrected chi connectivity index (χ4v) is 2.75. The molecule has 1 aliphatic rings. The van der Waals surface area contributed by atoms with Gasteiger partial charge in [0.1, 0.15) is 0 Å². The van der Waals surface area contributed by atoms with E-state index in [9.17, 15) is 9.90 Å². The molecular weight excluding hydrogens is 202 g/mol. The molecule has 1 aliphatic carbocycles. The van der Waals surface area contributed by atoms with Crippen LogP contribution in [0.5, 0.6) is 0 Å². The van der Waals surface area contributed by atoms with Gasteiger partial charge in [0.15, 0.2) is 0 Å². The zero-order valence-electron chi connectivity index (χ0n) is 11.3. The standard InChI is InChI=1S/C13H25NO2/c1-8(7-9(2)15)14-11(16)10-12(3,4)13(10,5)6/h8-10,15H,7H2,1-6H3,(H,14,16). The fourth-order valence-electron chi connectivity index (χ4n) is 2.75. The lowest BCUT2D eigenvalue weighted by molar-refractivity contribution is -0.124. The van der Waals surface area contributed by atoms with Crippen LogP contribution in [-0.4, -0.2) is 23.2 Å². The Balaban J connectivity index is 2.50. The van der Waals surface area contributed by atoms with Gasteiger partial charge in [-0.1, -0.05) is 27.7 Å². The number of aliphatic hydroxyl groups is 1. The number of nitrogens with one attached hydrogen (secondary N) is 1. The van der Waals surface area contributed by atoms with E-state index in [1.54, 1.807) is 6.92 Å². The van der Waals surface area contributed by atoms with Crippen molar-refractivity contribution < 1.29 is 9.90 Å². The molecule has 2 N–H and O–H groups in total. The molecule has 0 aromatic heterocycles. The van der Waals surface area contributed by atoms with Crippen LogP contribution < -0.4 is 5.32 Å². The minimum absolute atomic E-state index is 0.0414. The predicted octanol–water partition coefficient (Wildman–Crippen LogP) is 1.94. The molecule has 1 saturated carbocycles. The van der Waals surface area contributed by atoms with Gasteiger partial charge in [0.2, 0.25) is 5.91 Å². The van der Waals surface area contributed by atoms with E-state index < -0.39 is 0 Å². The predicted molar refractivity (Wildman–Crippen MR) is 65.0 cm³/mol. The van der Waals surface area contributed by atoms with Crippen LogP contribution in [0.1, 0.15) is 48.0 Å². The topological polar surface area (TPSA) is 49.3 Å². The molecule has 0 radical (unpaired) electrons. The Bertz CT molecular complexity index is 268. The molecule has 0 saturated heterocycles. The third-order valence-electron chi connectivity index (χ3n) is 4.37. The molecule has 0 heterocycles. The van der Waals surface area contributed by atoms with Crippen LogP contribution in [0.15, 0.2) is 0 Å². The summed E-state index contributed by atoms with van der Waals surface area (Å²) < 4.78 is 0. The van der Waals surface area contributed by atoms with Gasteiger partial charge in [-0.15, -0.1) is 0 Å². The van der Waals surface area contributed by atoms with Crippen LogP contribution in [-0.2, 0) is 4.79 Å². The Morgan fingerprint density at radius 3 is 2.00 bits per heavy atom. The van der Waals surface area contributed by atoms with E-state index in [-0.39, 0.29) is 34.8 Å². The largest absolute Gasteiger partial charge is 0.393 e. The van der Waals surface area contributed by atoms with Gasteiger partial charge < -0.3 is 10.4 Å². The molecule has 1 amide bonds. The van der Waals surface area contributed by atoms with Crippen molar-refractivity contribution in [1.29, 1.82) is 0 Å². The van der Waals surface area contributed by atoms with Crippen LogP contribution in [0.2, 0.25) is 0 Å². The van der Waals surface area contributed by atoms with Crippen LogP contribution in [0.3, 0.4) is 0 Å². The molecule has 0 aromatic rings. The highest BCUT2D eigenvalue weighted by Gasteiger charge is 2.68. The average Bonchev–Trinajstić information content (AvgIpc) is 2.39. The summed E-state index contributed by atoms with van der Waals surface area (Å²) >= 11 is 0. The second kappa shape index (κ2) is 4.02. The molecule has 1 fully saturated rings. The van der Waals surface area contributed by atoms with Gasteiger partial charge in [0.05, 0.1) is 6.10 Å². The smallest absolute Gasteiger partial charge is 0.224 e. The fraction of sp³-hybridized carbons (Fsp3) is 0.923. The molecule has 1 rings (SSSR count). The number of carbonyl (C=O) groups is 1. The first kappa shape index (κ1) is 13.5. The third kappa shape index (κ3) is 2.24. The van der Waals surface area contributed by atoms with Crippen molar-refractivity contribution in [3.8, 4) is 0 Å². The van der Waals surface area contributed by atoms with E-state index in [4.69, 9.17) is 0 Å². The lowest BCUT2D eigenvalue weighted by Crippen LogP contribution is -2.36. The third-order valence-corrected chi connectivity index (χ3v) is 4.37. The molecule has 3 heteroatoms. The highest BCUT2D eigenvalue weighted by atomic mass is 16.3. The minimum Gasteiger partial charge on any atom is -0.393 e. The van der Waals surface area contributed by atoms with Crippen molar-refractivity contribution in [3.05, 3.63) is 0 Å². The highest BCUT2D eigenvalue weighted by Crippen LogP contribution is 2.68. The number of hydrogen-bond donors (Lipinski definition) is 2. The van der Waals surface area contributed by atoms with Gasteiger partial charge in [0.25, 0.3) is 0 Å². The van der Waals surface area contributed by atoms with Crippen molar-refractivity contribution in [2.45, 2.75) is 60.1 Å². The summed E-state index contributed by atoms with van der Waals surface area (Å²) in [4.78, 5) is 12.0. The summed E-state index contributed by atoms with van der Waals surface area (Å²) in [6, 6.07) is 0.0414. The SMILES string of the molecule is CC(O)CC(C)NC(=O)C1C(C)(C)C1(C)C. The van der Waals surface area contributed by atoms with Crippen molar-refractivity contribution in [2.24, 2.45) is 16.7 Å². The van der Waals surface area contributed by atoms with E-state index in [2.05, 4.69) is 33.0 Å². The molecule has 94 valence electrons. The van der Waals surface area contributed by atoms with Crippen molar-refractivity contribution in [2.75, 3.05) is 0 Å². The van der Waals surface area contributed by atoms with Gasteiger partial charge in [0, 0.05) is 12.0 Å². The number of carbonyl (C=O) groups excluding carboxylic acids is 1. The Labute approximate surface area is 98.6 Å². The first-order valence-electron chi connectivity index (χ1n) is 6.09. The quantitative estimate of drug-likeness (QED) is 0.771. The summed E-state index contributed by atoms with van der Waals surface area (Å²) in [6.45, 7) is 12.2. The zero-order valence-corrected chi connectivity index (χ0v) is 11.3. The van der Waals surface area contributed by atoms with E-state index in [0.29, 0.717) is 6.42 Å².